The van der Waals surface area contributed by atoms with Crippen LogP contribution in [0.3, 0.4) is 0 Å². The lowest BCUT2D eigenvalue weighted by Crippen LogP contribution is -2.44. The maximum absolute atomic E-state index is 12.7. The lowest BCUT2D eigenvalue weighted by Gasteiger charge is -2.39. The summed E-state index contributed by atoms with van der Waals surface area (Å²) >= 11 is 0. The molecule has 0 radical (unpaired) electrons. The molecule has 150 valence electrons. The molecule has 2 atom stereocenters. The van der Waals surface area contributed by atoms with Crippen LogP contribution in [0.5, 0.6) is 5.75 Å². The van der Waals surface area contributed by atoms with Crippen LogP contribution < -0.4 is 4.74 Å². The van der Waals surface area contributed by atoms with Crippen molar-refractivity contribution < 1.29 is 14.3 Å². The number of benzene rings is 2. The second-order valence-electron chi connectivity index (χ2n) is 8.67. The van der Waals surface area contributed by atoms with Gasteiger partial charge in [-0.05, 0) is 62.8 Å². The third kappa shape index (κ3) is 5.51. The van der Waals surface area contributed by atoms with Crippen molar-refractivity contribution in [2.75, 3.05) is 6.54 Å². The third-order valence-electron chi connectivity index (χ3n) is 4.96. The largest absolute Gasteiger partial charge is 0.489 e. The van der Waals surface area contributed by atoms with E-state index in [0.29, 0.717) is 12.5 Å². The number of carbonyl (C=O) groups is 1. The van der Waals surface area contributed by atoms with Crippen LogP contribution >= 0.6 is 0 Å². The van der Waals surface area contributed by atoms with Crippen molar-refractivity contribution in [1.82, 2.24) is 4.90 Å². The van der Waals surface area contributed by atoms with E-state index >= 15 is 0 Å². The lowest BCUT2D eigenvalue weighted by molar-refractivity contribution is 0.00363. The highest BCUT2D eigenvalue weighted by atomic mass is 16.6. The van der Waals surface area contributed by atoms with Crippen molar-refractivity contribution in [2.45, 2.75) is 58.8 Å². The average Bonchev–Trinajstić information content (AvgIpc) is 2.66. The van der Waals surface area contributed by atoms with E-state index in [1.54, 1.807) is 0 Å². The van der Waals surface area contributed by atoms with E-state index in [1.807, 2.05) is 56.0 Å². The molecule has 0 aliphatic carbocycles. The first-order valence-electron chi connectivity index (χ1n) is 10.1. The van der Waals surface area contributed by atoms with E-state index in [-0.39, 0.29) is 12.1 Å². The molecule has 28 heavy (non-hydrogen) atoms. The van der Waals surface area contributed by atoms with Crippen LogP contribution in [0.4, 0.5) is 4.79 Å². The van der Waals surface area contributed by atoms with E-state index in [9.17, 15) is 4.79 Å². The van der Waals surface area contributed by atoms with Crippen LogP contribution in [0.25, 0.3) is 0 Å². The normalized spacial score (nSPS) is 19.9. The molecule has 0 N–H and O–H groups in total. The number of piperidine rings is 1. The molecule has 0 unspecified atom stereocenters. The molecule has 1 amide bonds. The number of hydrogen-bond acceptors (Lipinski definition) is 3. The molecule has 0 saturated carbocycles. The van der Waals surface area contributed by atoms with Gasteiger partial charge >= 0.3 is 6.09 Å². The Balaban J connectivity index is 1.68. The standard InChI is InChI=1S/C24H31NO3/c1-18-10-15-22(25(16-18)23(26)28-24(2,3)4)20-11-13-21(14-12-20)27-17-19-8-6-5-7-9-19/h5-9,11-14,18,22H,10,15-17H2,1-4H3/t18-,22+/m0/s1. The molecule has 1 aliphatic rings. The Morgan fingerprint density at radius 2 is 1.71 bits per heavy atom. The minimum Gasteiger partial charge on any atom is -0.489 e. The Kier molecular flexibility index (Phi) is 6.28. The predicted molar refractivity (Wildman–Crippen MR) is 111 cm³/mol. The van der Waals surface area contributed by atoms with Gasteiger partial charge in [-0.3, -0.25) is 0 Å². The number of carbonyl (C=O) groups excluding carboxylic acids is 1. The van der Waals surface area contributed by atoms with Crippen LogP contribution in [0, 0.1) is 5.92 Å². The average molecular weight is 382 g/mol. The summed E-state index contributed by atoms with van der Waals surface area (Å²) in [6.07, 6.45) is 1.83. The molecule has 4 heteroatoms. The summed E-state index contributed by atoms with van der Waals surface area (Å²) in [4.78, 5) is 14.6. The zero-order valence-electron chi connectivity index (χ0n) is 17.4. The summed E-state index contributed by atoms with van der Waals surface area (Å²) in [5, 5.41) is 0. The smallest absolute Gasteiger partial charge is 0.410 e. The summed E-state index contributed by atoms with van der Waals surface area (Å²) in [7, 11) is 0. The van der Waals surface area contributed by atoms with Gasteiger partial charge in [-0.15, -0.1) is 0 Å². The Morgan fingerprint density at radius 1 is 1.04 bits per heavy atom. The van der Waals surface area contributed by atoms with Gasteiger partial charge in [-0.1, -0.05) is 49.4 Å². The van der Waals surface area contributed by atoms with Crippen molar-refractivity contribution in [3.63, 3.8) is 0 Å². The quantitative estimate of drug-likeness (QED) is 0.654. The maximum Gasteiger partial charge on any atom is 0.410 e. The fourth-order valence-corrected chi connectivity index (χ4v) is 3.55. The zero-order chi connectivity index (χ0) is 20.1. The van der Waals surface area contributed by atoms with Crippen molar-refractivity contribution in [2.24, 2.45) is 5.92 Å². The van der Waals surface area contributed by atoms with Gasteiger partial charge in [0.1, 0.15) is 18.0 Å². The predicted octanol–water partition coefficient (Wildman–Crippen LogP) is 5.97. The highest BCUT2D eigenvalue weighted by Gasteiger charge is 2.33. The van der Waals surface area contributed by atoms with Gasteiger partial charge in [-0.2, -0.15) is 0 Å². The molecule has 0 bridgehead atoms. The summed E-state index contributed by atoms with van der Waals surface area (Å²) in [6, 6.07) is 18.3. The zero-order valence-corrected chi connectivity index (χ0v) is 17.4. The van der Waals surface area contributed by atoms with Crippen LogP contribution in [-0.2, 0) is 11.3 Å². The van der Waals surface area contributed by atoms with Gasteiger partial charge in [0, 0.05) is 6.54 Å². The fourth-order valence-electron chi connectivity index (χ4n) is 3.55. The first-order chi connectivity index (χ1) is 13.3. The SMILES string of the molecule is C[C@H]1CC[C@H](c2ccc(OCc3ccccc3)cc2)N(C(=O)OC(C)(C)C)C1. The Labute approximate surface area is 168 Å². The molecular formula is C24H31NO3. The second-order valence-corrected chi connectivity index (χ2v) is 8.67. The topological polar surface area (TPSA) is 38.8 Å². The molecular weight excluding hydrogens is 350 g/mol. The second kappa shape index (κ2) is 8.68. The highest BCUT2D eigenvalue weighted by Crippen LogP contribution is 2.35. The summed E-state index contributed by atoms with van der Waals surface area (Å²) in [6.45, 7) is 9.19. The molecule has 0 aromatic heterocycles. The van der Waals surface area contributed by atoms with Gasteiger partial charge in [0.2, 0.25) is 0 Å². The van der Waals surface area contributed by atoms with Crippen molar-refractivity contribution in [1.29, 1.82) is 0 Å². The molecule has 3 rings (SSSR count). The van der Waals surface area contributed by atoms with Crippen molar-refractivity contribution >= 4 is 6.09 Å². The van der Waals surface area contributed by atoms with Crippen LogP contribution in [-0.4, -0.2) is 23.1 Å². The minimum atomic E-state index is -0.489. The van der Waals surface area contributed by atoms with Crippen LogP contribution in [0.2, 0.25) is 0 Å². The number of nitrogens with zero attached hydrogens (tertiary/aromatic N) is 1. The Morgan fingerprint density at radius 3 is 2.36 bits per heavy atom. The molecule has 1 heterocycles. The maximum atomic E-state index is 12.7. The van der Waals surface area contributed by atoms with Gasteiger partial charge in [0.15, 0.2) is 0 Å². The number of hydrogen-bond donors (Lipinski definition) is 0. The summed E-state index contributed by atoms with van der Waals surface area (Å²) < 4.78 is 11.5. The molecule has 2 aromatic rings. The first kappa shape index (κ1) is 20.2. The monoisotopic (exact) mass is 381 g/mol. The fraction of sp³-hybridized carbons (Fsp3) is 0.458. The third-order valence-corrected chi connectivity index (χ3v) is 4.96. The molecule has 4 nitrogen and oxygen atoms in total. The Bertz CT molecular complexity index is 765. The van der Waals surface area contributed by atoms with Crippen molar-refractivity contribution in [3.8, 4) is 5.75 Å². The van der Waals surface area contributed by atoms with E-state index in [1.165, 1.54) is 0 Å². The van der Waals surface area contributed by atoms with Crippen LogP contribution in [0.15, 0.2) is 54.6 Å². The van der Waals surface area contributed by atoms with Crippen LogP contribution in [0.1, 0.15) is 57.7 Å². The summed E-state index contributed by atoms with van der Waals surface area (Å²) in [5.41, 5.74) is 1.78. The van der Waals surface area contributed by atoms with Gasteiger partial charge in [0.05, 0.1) is 6.04 Å². The number of amides is 1. The van der Waals surface area contributed by atoms with Gasteiger partial charge in [-0.25, -0.2) is 4.79 Å². The van der Waals surface area contributed by atoms with Crippen molar-refractivity contribution in [3.05, 3.63) is 65.7 Å². The lowest BCUT2D eigenvalue weighted by atomic mass is 9.90. The van der Waals surface area contributed by atoms with E-state index in [4.69, 9.17) is 9.47 Å². The van der Waals surface area contributed by atoms with E-state index in [0.717, 1.165) is 36.3 Å². The van der Waals surface area contributed by atoms with E-state index < -0.39 is 5.60 Å². The molecule has 1 saturated heterocycles. The summed E-state index contributed by atoms with van der Waals surface area (Å²) in [5.74, 6) is 1.32. The van der Waals surface area contributed by atoms with E-state index in [2.05, 4.69) is 31.2 Å². The molecule has 1 aliphatic heterocycles. The first-order valence-corrected chi connectivity index (χ1v) is 10.1. The number of rotatable bonds is 4. The molecule has 0 spiro atoms. The van der Waals surface area contributed by atoms with Gasteiger partial charge in [0.25, 0.3) is 0 Å². The molecule has 2 aromatic carbocycles. The number of likely N-dealkylation sites (tertiary alicyclic amines) is 1. The van der Waals surface area contributed by atoms with Gasteiger partial charge < -0.3 is 14.4 Å². The molecule has 1 fully saturated rings. The Hall–Kier alpha value is -2.49. The highest BCUT2D eigenvalue weighted by molar-refractivity contribution is 5.69. The number of ether oxygens (including phenoxy) is 2. The minimum absolute atomic E-state index is 0.0502.